The van der Waals surface area contributed by atoms with E-state index in [1.165, 1.54) is 0 Å². The third kappa shape index (κ3) is 7.10. The monoisotopic (exact) mass is 804 g/mol. The molecular weight excluding hydrogens is 773 g/mol. The van der Waals surface area contributed by atoms with Crippen molar-refractivity contribution in [2.45, 2.75) is 56.9 Å². The molecule has 4 aromatic rings. The summed E-state index contributed by atoms with van der Waals surface area (Å²) in [5, 5.41) is 11.4. The van der Waals surface area contributed by atoms with Crippen LogP contribution in [0.25, 0.3) is 22.3 Å². The second-order valence-electron chi connectivity index (χ2n) is 11.7. The van der Waals surface area contributed by atoms with Gasteiger partial charge in [-0.3, -0.25) is 37.0 Å². The number of H-pyrrole nitrogens is 1. The molecule has 7 rings (SSSR count). The molecule has 7 heterocycles. The lowest BCUT2D eigenvalue weighted by molar-refractivity contribution is -0.0604. The number of aromatic amines is 1. The second-order valence-corrected chi connectivity index (χ2v) is 15.0. The van der Waals surface area contributed by atoms with Gasteiger partial charge in [0.05, 0.1) is 19.0 Å². The predicted molar refractivity (Wildman–Crippen MR) is 173 cm³/mol. The second kappa shape index (κ2) is 14.5. The lowest BCUT2D eigenvalue weighted by atomic mass is 10.1. The topological polar surface area (TPSA) is 323 Å². The molecule has 292 valence electrons. The van der Waals surface area contributed by atoms with Crippen LogP contribution in [-0.2, 0) is 55.2 Å². The maximum absolute atomic E-state index is 16.4. The molecule has 54 heavy (non-hydrogen) atoms. The van der Waals surface area contributed by atoms with Crippen LogP contribution in [0.5, 0.6) is 0 Å². The highest BCUT2D eigenvalue weighted by molar-refractivity contribution is 7.48. The van der Waals surface area contributed by atoms with Crippen molar-refractivity contribution < 1.29 is 69.5 Å². The number of alkyl halides is 1. The molecule has 1 saturated heterocycles. The van der Waals surface area contributed by atoms with Gasteiger partial charge in [-0.1, -0.05) is 0 Å². The van der Waals surface area contributed by atoms with Gasteiger partial charge in [-0.15, -0.1) is 0 Å². The number of nitrogens with two attached hydrogens (primary N) is 2. The van der Waals surface area contributed by atoms with Gasteiger partial charge in [0.15, 0.2) is 40.4 Å². The molecule has 0 aliphatic carbocycles. The van der Waals surface area contributed by atoms with Crippen LogP contribution in [0.2, 0.25) is 0 Å². The first-order valence-corrected chi connectivity index (χ1v) is 18.5. The highest BCUT2D eigenvalue weighted by atomic mass is 31.2. The number of fused-ring (bicyclic) bond motifs is 4. The Morgan fingerprint density at radius 3 is 2.57 bits per heavy atom. The number of aromatic nitrogens is 8. The first-order chi connectivity index (χ1) is 25.7. The Morgan fingerprint density at radius 2 is 1.83 bits per heavy atom. The van der Waals surface area contributed by atoms with Gasteiger partial charge in [-0.05, 0) is 13.8 Å². The molecule has 0 aromatic carbocycles. The van der Waals surface area contributed by atoms with E-state index in [1.54, 1.807) is 13.8 Å². The van der Waals surface area contributed by atoms with E-state index in [1.807, 2.05) is 0 Å². The number of ether oxygens (including phenoxy) is 4. The van der Waals surface area contributed by atoms with Crippen molar-refractivity contribution in [1.82, 2.24) is 39.0 Å². The van der Waals surface area contributed by atoms with Gasteiger partial charge in [0.1, 0.15) is 43.1 Å². The van der Waals surface area contributed by atoms with E-state index in [-0.39, 0.29) is 34.1 Å². The summed E-state index contributed by atoms with van der Waals surface area (Å²) in [7, 11) is -8.96. The quantitative estimate of drug-likeness (QED) is 0.116. The molecule has 6 N–H and O–H groups in total. The van der Waals surface area contributed by atoms with E-state index in [9.17, 15) is 23.8 Å². The molecule has 7 unspecified atom stereocenters. The molecule has 0 spiro atoms. The number of nitrogens with zero attached hydrogens (tertiary/aromatic N) is 7. The zero-order chi connectivity index (χ0) is 38.5. The van der Waals surface area contributed by atoms with Crippen molar-refractivity contribution in [3.63, 3.8) is 0 Å². The number of phosphoric ester groups is 2. The van der Waals surface area contributed by atoms with Gasteiger partial charge >= 0.3 is 21.8 Å². The fourth-order valence-electron chi connectivity index (χ4n) is 5.48. The highest BCUT2D eigenvalue weighted by Crippen LogP contribution is 2.58. The highest BCUT2D eigenvalue weighted by Gasteiger charge is 2.53. The van der Waals surface area contributed by atoms with E-state index in [0.717, 1.165) is 35.2 Å². The summed E-state index contributed by atoms with van der Waals surface area (Å²) >= 11 is 0. The van der Waals surface area contributed by atoms with Crippen LogP contribution in [0.15, 0.2) is 35.3 Å². The van der Waals surface area contributed by atoms with E-state index >= 15 is 4.39 Å². The normalized spacial score (nSPS) is 30.3. The maximum atomic E-state index is 16.4. The first kappa shape index (κ1) is 37.5. The first-order valence-electron chi connectivity index (χ1n) is 15.6. The molecule has 0 radical (unpaired) electrons. The van der Waals surface area contributed by atoms with Gasteiger partial charge in [0, 0.05) is 7.11 Å². The summed E-state index contributed by atoms with van der Waals surface area (Å²) in [6, 6.07) is 0. The summed E-state index contributed by atoms with van der Waals surface area (Å²) < 4.78 is 101. The molecule has 0 amide bonds. The largest absolute Gasteiger partial charge is 0.529 e. The lowest BCUT2D eigenvalue weighted by Gasteiger charge is -2.26. The molecule has 3 aliphatic heterocycles. The molecule has 1 fully saturated rings. The number of hydrogen-bond donors (Lipinski definition) is 4. The number of aliphatic hydroxyl groups excluding tert-OH is 1. The fourth-order valence-corrected chi connectivity index (χ4v) is 7.67. The van der Waals surface area contributed by atoms with Crippen molar-refractivity contribution >= 4 is 55.9 Å². The Hall–Kier alpha value is -4.78. The van der Waals surface area contributed by atoms with Crippen LogP contribution in [0.4, 0.5) is 21.0 Å². The van der Waals surface area contributed by atoms with E-state index in [2.05, 4.69) is 29.9 Å². The molecule has 0 saturated carbocycles. The van der Waals surface area contributed by atoms with Crippen LogP contribution >= 0.6 is 15.6 Å². The Bertz CT molecular complexity index is 2270. The number of phosphoric acid groups is 2. The summed E-state index contributed by atoms with van der Waals surface area (Å²) in [6.07, 6.45) is -9.05. The maximum Gasteiger partial charge on any atom is 0.529 e. The third-order valence-electron chi connectivity index (χ3n) is 7.89. The van der Waals surface area contributed by atoms with E-state index < -0.39 is 102 Å². The third-order valence-corrected chi connectivity index (χ3v) is 10.6. The summed E-state index contributed by atoms with van der Waals surface area (Å²) in [5.74, 6) is -1.67. The van der Waals surface area contributed by atoms with E-state index in [4.69, 9.17) is 57.6 Å². The zero-order valence-electron chi connectivity index (χ0n) is 28.1. The summed E-state index contributed by atoms with van der Waals surface area (Å²) in [5.41, 5.74) is 10.7. The van der Waals surface area contributed by atoms with Crippen molar-refractivity contribution in [3.8, 4) is 0 Å². The number of carbonyl (C=O) groups is 1. The van der Waals surface area contributed by atoms with Gasteiger partial charge in [-0.2, -0.15) is 4.98 Å². The Kier molecular flexibility index (Phi) is 10.1. The number of nitrogens with one attached hydrogen (secondary N) is 1. The number of nitrogen functional groups attached to an aromatic ring is 2. The van der Waals surface area contributed by atoms with E-state index in [0.29, 0.717) is 0 Å². The molecular formula is C26H31FN10O15P2. The molecule has 8 atom stereocenters. The zero-order valence-corrected chi connectivity index (χ0v) is 29.9. The van der Waals surface area contributed by atoms with Crippen LogP contribution in [0, 0.1) is 0 Å². The average molecular weight is 805 g/mol. The van der Waals surface area contributed by atoms with Gasteiger partial charge in [0.25, 0.3) is 5.56 Å². The Morgan fingerprint density at radius 1 is 1.09 bits per heavy atom. The smallest absolute Gasteiger partial charge is 0.465 e. The average Bonchev–Trinajstić information content (AvgIpc) is 3.88. The standard InChI is InChI=1S/C26H31FN10O15P2/c1-10(2)48-26(40)44-9-47-54(42)46-5-12-17(13(27)23(50-12)36-7-32-14-19(28)30-6-31-20(14)36)51-53(41,43-3)45-4-11-16(38)18(52-54)24(49-11)37-8-33-15-21(37)34-25(29)35-22(15)39/h6-8,10-11,13,16,18,23-24,38H,4-5,9H2,1-3H3,(H2,28,30,31)(H3,29,34,35,39)/t11?,13?,16?,18?,23?,24-,53?,54?/m1/s1. The summed E-state index contributed by atoms with van der Waals surface area (Å²) in [6.45, 7) is 0.201. The number of carbonyl (C=O) groups excluding carboxylic acids is 1. The van der Waals surface area contributed by atoms with Crippen molar-refractivity contribution in [2.24, 2.45) is 0 Å². The SMILES string of the molecule is COP1(=O)OCC2O[C@@H](n3cnc4c(=O)[nH]c(N)nc43)C(OP(=O)(OCOC(=O)OC(C)C)OCC3=C(O1)C(F)C(n1cnc4c(N)ncnc41)O3)C2O. The number of hydrogen-bond acceptors (Lipinski definition) is 22. The van der Waals surface area contributed by atoms with Crippen LogP contribution in [0.3, 0.4) is 0 Å². The minimum Gasteiger partial charge on any atom is -0.465 e. The Balaban J connectivity index is 1.26. The van der Waals surface area contributed by atoms with Gasteiger partial charge in [0.2, 0.25) is 25.1 Å². The predicted octanol–water partition coefficient (Wildman–Crippen LogP) is 1.31. The van der Waals surface area contributed by atoms with Crippen LogP contribution < -0.4 is 17.0 Å². The number of rotatable bonds is 7. The van der Waals surface area contributed by atoms with Crippen LogP contribution in [-0.4, -0.2) is 108 Å². The fraction of sp³-hybridized carbons (Fsp3) is 0.500. The molecule has 28 heteroatoms. The molecule has 25 nitrogen and oxygen atoms in total. The molecule has 3 aliphatic rings. The minimum atomic E-state index is -5.11. The van der Waals surface area contributed by atoms with Crippen molar-refractivity contribution in [2.75, 3.05) is 38.6 Å². The summed E-state index contributed by atoms with van der Waals surface area (Å²) in [4.78, 5) is 47.0. The molecule has 2 bridgehead atoms. The number of halogens is 1. The van der Waals surface area contributed by atoms with Crippen molar-refractivity contribution in [1.29, 1.82) is 0 Å². The van der Waals surface area contributed by atoms with Gasteiger partial charge in [-0.25, -0.2) is 42.8 Å². The number of imidazole rings is 2. The minimum absolute atomic E-state index is 0.0197. The lowest BCUT2D eigenvalue weighted by Crippen LogP contribution is -2.35. The molecule has 4 aromatic heterocycles. The van der Waals surface area contributed by atoms with Gasteiger partial charge < -0.3 is 40.0 Å². The Labute approximate surface area is 300 Å². The van der Waals surface area contributed by atoms with Crippen LogP contribution in [0.1, 0.15) is 26.3 Å². The number of anilines is 2. The number of aliphatic hydroxyl groups is 1. The van der Waals surface area contributed by atoms with Crippen molar-refractivity contribution in [3.05, 3.63) is 40.9 Å².